The lowest BCUT2D eigenvalue weighted by atomic mass is 10.2. The molecule has 0 amide bonds. The van der Waals surface area contributed by atoms with Gasteiger partial charge in [0.15, 0.2) is 0 Å². The molecule has 1 aromatic carbocycles. The van der Waals surface area contributed by atoms with Gasteiger partial charge in [0.05, 0.1) is 5.69 Å². The summed E-state index contributed by atoms with van der Waals surface area (Å²) in [5.41, 5.74) is 2.38. The number of hydrogen-bond acceptors (Lipinski definition) is 4. The highest BCUT2D eigenvalue weighted by molar-refractivity contribution is 5.65. The summed E-state index contributed by atoms with van der Waals surface area (Å²) in [6, 6.07) is 4.96. The zero-order valence-corrected chi connectivity index (χ0v) is 12.0. The molecule has 2 N–H and O–H groups in total. The van der Waals surface area contributed by atoms with Crippen molar-refractivity contribution in [3.8, 4) is 0 Å². The summed E-state index contributed by atoms with van der Waals surface area (Å²) < 4.78 is 13.8. The highest BCUT2D eigenvalue weighted by atomic mass is 19.1. The first-order valence-electron chi connectivity index (χ1n) is 6.76. The van der Waals surface area contributed by atoms with Crippen LogP contribution in [0.1, 0.15) is 25.0 Å². The fourth-order valence-corrected chi connectivity index (χ4v) is 2.04. The van der Waals surface area contributed by atoms with Crippen LogP contribution in [0.5, 0.6) is 0 Å². The molecule has 20 heavy (non-hydrogen) atoms. The predicted octanol–water partition coefficient (Wildman–Crippen LogP) is 3.66. The van der Waals surface area contributed by atoms with E-state index in [4.69, 9.17) is 0 Å². The molecule has 0 saturated heterocycles. The van der Waals surface area contributed by atoms with Gasteiger partial charge in [0.2, 0.25) is 0 Å². The average Bonchev–Trinajstić information content (AvgIpc) is 2.43. The maximum Gasteiger partial charge on any atom is 0.146 e. The van der Waals surface area contributed by atoms with Crippen molar-refractivity contribution >= 4 is 17.3 Å². The van der Waals surface area contributed by atoms with Crippen molar-refractivity contribution in [2.45, 2.75) is 27.2 Å². The maximum atomic E-state index is 13.8. The number of aromatic nitrogens is 2. The van der Waals surface area contributed by atoms with Gasteiger partial charge in [-0.25, -0.2) is 14.4 Å². The van der Waals surface area contributed by atoms with E-state index in [2.05, 4.69) is 20.6 Å². The summed E-state index contributed by atoms with van der Waals surface area (Å²) in [6.45, 7) is 6.74. The van der Waals surface area contributed by atoms with E-state index in [9.17, 15) is 4.39 Å². The quantitative estimate of drug-likeness (QED) is 0.873. The van der Waals surface area contributed by atoms with Crippen LogP contribution in [0, 0.1) is 12.7 Å². The molecule has 0 saturated carbocycles. The Kier molecular flexibility index (Phi) is 4.50. The van der Waals surface area contributed by atoms with Gasteiger partial charge < -0.3 is 10.6 Å². The second-order valence-electron chi connectivity index (χ2n) is 4.54. The van der Waals surface area contributed by atoms with E-state index in [0.717, 1.165) is 29.9 Å². The number of nitrogens with one attached hydrogen (secondary N) is 2. The Morgan fingerprint density at radius 3 is 2.60 bits per heavy atom. The van der Waals surface area contributed by atoms with Crippen LogP contribution in [0.2, 0.25) is 0 Å². The van der Waals surface area contributed by atoms with Crippen LogP contribution < -0.4 is 10.6 Å². The van der Waals surface area contributed by atoms with Gasteiger partial charge in [-0.3, -0.25) is 0 Å². The molecule has 0 spiro atoms. The van der Waals surface area contributed by atoms with Crippen molar-refractivity contribution in [3.63, 3.8) is 0 Å². The fraction of sp³-hybridized carbons (Fsp3) is 0.333. The monoisotopic (exact) mass is 274 g/mol. The second-order valence-corrected chi connectivity index (χ2v) is 4.54. The maximum absolute atomic E-state index is 13.8. The van der Waals surface area contributed by atoms with Crippen molar-refractivity contribution in [2.75, 3.05) is 17.2 Å². The zero-order valence-electron chi connectivity index (χ0n) is 12.0. The predicted molar refractivity (Wildman–Crippen MR) is 80.0 cm³/mol. The third-order valence-electron chi connectivity index (χ3n) is 3.02. The Labute approximate surface area is 118 Å². The van der Waals surface area contributed by atoms with E-state index < -0.39 is 0 Å². The van der Waals surface area contributed by atoms with E-state index in [1.807, 2.05) is 20.8 Å². The van der Waals surface area contributed by atoms with E-state index in [1.54, 1.807) is 12.1 Å². The molecule has 0 aliphatic rings. The Morgan fingerprint density at radius 2 is 1.90 bits per heavy atom. The first kappa shape index (κ1) is 14.2. The first-order valence-corrected chi connectivity index (χ1v) is 6.76. The van der Waals surface area contributed by atoms with Gasteiger partial charge in [0.25, 0.3) is 0 Å². The van der Waals surface area contributed by atoms with Gasteiger partial charge in [0.1, 0.15) is 23.8 Å². The van der Waals surface area contributed by atoms with Crippen LogP contribution in [-0.4, -0.2) is 16.5 Å². The van der Waals surface area contributed by atoms with Gasteiger partial charge >= 0.3 is 0 Å². The van der Waals surface area contributed by atoms with Crippen LogP contribution in [0.3, 0.4) is 0 Å². The molecule has 0 atom stereocenters. The Balaban J connectivity index is 2.37. The summed E-state index contributed by atoms with van der Waals surface area (Å²) in [5, 5.41) is 6.26. The van der Waals surface area contributed by atoms with Crippen LogP contribution in [0.25, 0.3) is 0 Å². The Bertz CT molecular complexity index is 598. The zero-order chi connectivity index (χ0) is 14.5. The number of halogens is 1. The standard InChI is InChI=1S/C15H19FN4/c1-4-11-14(17-5-2)18-9-19-15(11)20-13-8-10(3)6-7-12(13)16/h6-9H,4-5H2,1-3H3,(H2,17,18,19,20). The summed E-state index contributed by atoms with van der Waals surface area (Å²) in [6.07, 6.45) is 2.24. The van der Waals surface area contributed by atoms with Crippen LogP contribution in [0.15, 0.2) is 24.5 Å². The molecule has 2 rings (SSSR count). The third-order valence-corrected chi connectivity index (χ3v) is 3.02. The van der Waals surface area contributed by atoms with Crippen molar-refractivity contribution < 1.29 is 4.39 Å². The number of aryl methyl sites for hydroxylation is 1. The fourth-order valence-electron chi connectivity index (χ4n) is 2.04. The van der Waals surface area contributed by atoms with Gasteiger partial charge in [-0.1, -0.05) is 13.0 Å². The molecule has 0 bridgehead atoms. The normalized spacial score (nSPS) is 10.4. The molecular weight excluding hydrogens is 255 g/mol. The lowest BCUT2D eigenvalue weighted by Crippen LogP contribution is -2.08. The van der Waals surface area contributed by atoms with Gasteiger partial charge in [-0.2, -0.15) is 0 Å². The first-order chi connectivity index (χ1) is 9.65. The molecule has 0 fully saturated rings. The molecule has 1 aromatic heterocycles. The lowest BCUT2D eigenvalue weighted by Gasteiger charge is -2.14. The minimum absolute atomic E-state index is 0.290. The van der Waals surface area contributed by atoms with Crippen molar-refractivity contribution in [3.05, 3.63) is 41.5 Å². The molecule has 5 heteroatoms. The summed E-state index contributed by atoms with van der Waals surface area (Å²) >= 11 is 0. The van der Waals surface area contributed by atoms with Gasteiger partial charge in [-0.15, -0.1) is 0 Å². The topological polar surface area (TPSA) is 49.8 Å². The largest absolute Gasteiger partial charge is 0.370 e. The van der Waals surface area contributed by atoms with E-state index in [0.29, 0.717) is 11.5 Å². The van der Waals surface area contributed by atoms with Gasteiger partial charge in [0, 0.05) is 12.1 Å². The van der Waals surface area contributed by atoms with Crippen molar-refractivity contribution in [1.82, 2.24) is 9.97 Å². The molecule has 1 heterocycles. The number of hydrogen-bond donors (Lipinski definition) is 2. The Morgan fingerprint density at radius 1 is 1.15 bits per heavy atom. The molecule has 0 aliphatic heterocycles. The smallest absolute Gasteiger partial charge is 0.146 e. The molecular formula is C15H19FN4. The lowest BCUT2D eigenvalue weighted by molar-refractivity contribution is 0.631. The van der Waals surface area contributed by atoms with Crippen LogP contribution >= 0.6 is 0 Å². The van der Waals surface area contributed by atoms with E-state index in [1.165, 1.54) is 12.4 Å². The molecule has 0 radical (unpaired) electrons. The summed E-state index contributed by atoms with van der Waals surface area (Å²) in [7, 11) is 0. The molecule has 0 unspecified atom stereocenters. The summed E-state index contributed by atoms with van der Waals surface area (Å²) in [5.74, 6) is 1.14. The minimum atomic E-state index is -0.290. The molecule has 106 valence electrons. The molecule has 2 aromatic rings. The third kappa shape index (κ3) is 3.04. The van der Waals surface area contributed by atoms with Crippen molar-refractivity contribution in [1.29, 1.82) is 0 Å². The molecule has 0 aliphatic carbocycles. The van der Waals surface area contributed by atoms with E-state index in [-0.39, 0.29) is 5.82 Å². The number of anilines is 3. The second kappa shape index (κ2) is 6.32. The number of nitrogens with zero attached hydrogens (tertiary/aromatic N) is 2. The molecule has 4 nitrogen and oxygen atoms in total. The SMILES string of the molecule is CCNc1ncnc(Nc2cc(C)ccc2F)c1CC. The van der Waals surface area contributed by atoms with E-state index >= 15 is 0 Å². The van der Waals surface area contributed by atoms with Crippen molar-refractivity contribution in [2.24, 2.45) is 0 Å². The summed E-state index contributed by atoms with van der Waals surface area (Å²) in [4.78, 5) is 8.46. The van der Waals surface area contributed by atoms with Crippen LogP contribution in [-0.2, 0) is 6.42 Å². The van der Waals surface area contributed by atoms with Gasteiger partial charge in [-0.05, 0) is 38.0 Å². The Hall–Kier alpha value is -2.17. The minimum Gasteiger partial charge on any atom is -0.370 e. The highest BCUT2D eigenvalue weighted by Crippen LogP contribution is 2.25. The van der Waals surface area contributed by atoms with Crippen LogP contribution in [0.4, 0.5) is 21.7 Å². The average molecular weight is 274 g/mol. The number of rotatable bonds is 5. The highest BCUT2D eigenvalue weighted by Gasteiger charge is 2.11. The number of benzene rings is 1.